The highest BCUT2D eigenvalue weighted by molar-refractivity contribution is 5.94. The van der Waals surface area contributed by atoms with Crippen LogP contribution in [0.2, 0.25) is 0 Å². The summed E-state index contributed by atoms with van der Waals surface area (Å²) in [6.07, 6.45) is -0.267. The summed E-state index contributed by atoms with van der Waals surface area (Å²) < 4.78 is 5.15. The Labute approximate surface area is 148 Å². The van der Waals surface area contributed by atoms with Gasteiger partial charge in [-0.1, -0.05) is 55.5 Å². The molecular formula is C21H23NO3. The lowest BCUT2D eigenvalue weighted by atomic mass is 9.89. The van der Waals surface area contributed by atoms with Crippen molar-refractivity contribution < 1.29 is 14.3 Å². The molecule has 130 valence electrons. The van der Waals surface area contributed by atoms with E-state index >= 15 is 0 Å². The number of ether oxygens (including phenoxy) is 1. The van der Waals surface area contributed by atoms with Gasteiger partial charge in [0.15, 0.2) is 0 Å². The van der Waals surface area contributed by atoms with Crippen molar-refractivity contribution in [1.29, 1.82) is 0 Å². The molecule has 1 saturated heterocycles. The van der Waals surface area contributed by atoms with Crippen molar-refractivity contribution in [2.45, 2.75) is 39.2 Å². The molecule has 0 unspecified atom stereocenters. The first-order valence-corrected chi connectivity index (χ1v) is 8.59. The van der Waals surface area contributed by atoms with Crippen LogP contribution in [0.5, 0.6) is 0 Å². The lowest BCUT2D eigenvalue weighted by molar-refractivity contribution is -0.129. The molecule has 2 aromatic rings. The number of carbonyl (C=O) groups is 2. The Morgan fingerprint density at radius 1 is 1.12 bits per heavy atom. The van der Waals surface area contributed by atoms with Crippen molar-refractivity contribution in [2.24, 2.45) is 0 Å². The first-order chi connectivity index (χ1) is 12.0. The Kier molecular flexibility index (Phi) is 4.88. The monoisotopic (exact) mass is 337 g/mol. The molecule has 1 fully saturated rings. The number of nitrogens with zero attached hydrogens (tertiary/aromatic N) is 1. The Bertz CT molecular complexity index is 765. The second-order valence-electron chi connectivity index (χ2n) is 6.68. The third-order valence-electron chi connectivity index (χ3n) is 4.84. The van der Waals surface area contributed by atoms with Gasteiger partial charge in [0.1, 0.15) is 12.6 Å². The third kappa shape index (κ3) is 3.43. The molecule has 0 spiro atoms. The molecule has 1 aliphatic heterocycles. The lowest BCUT2D eigenvalue weighted by Gasteiger charge is -2.23. The average molecular weight is 337 g/mol. The zero-order chi connectivity index (χ0) is 18.0. The predicted molar refractivity (Wildman–Crippen MR) is 96.3 cm³/mol. The average Bonchev–Trinajstić information content (AvgIpc) is 2.97. The number of hydrogen-bond donors (Lipinski definition) is 0. The molecule has 0 radical (unpaired) electrons. The van der Waals surface area contributed by atoms with Crippen LogP contribution >= 0.6 is 0 Å². The van der Waals surface area contributed by atoms with E-state index in [4.69, 9.17) is 4.74 Å². The number of imide groups is 1. The van der Waals surface area contributed by atoms with Crippen LogP contribution in [-0.2, 0) is 9.53 Å². The summed E-state index contributed by atoms with van der Waals surface area (Å²) in [4.78, 5) is 26.3. The molecule has 25 heavy (non-hydrogen) atoms. The van der Waals surface area contributed by atoms with Crippen molar-refractivity contribution in [2.75, 3.05) is 6.61 Å². The molecule has 0 saturated carbocycles. The molecule has 2 aromatic carbocycles. The van der Waals surface area contributed by atoms with E-state index in [2.05, 4.69) is 26.0 Å². The fourth-order valence-electron chi connectivity index (χ4n) is 3.68. The van der Waals surface area contributed by atoms with E-state index in [1.54, 1.807) is 0 Å². The van der Waals surface area contributed by atoms with Gasteiger partial charge >= 0.3 is 6.09 Å². The van der Waals surface area contributed by atoms with E-state index in [1.807, 2.05) is 43.3 Å². The first-order valence-electron chi connectivity index (χ1n) is 8.59. The van der Waals surface area contributed by atoms with Crippen molar-refractivity contribution in [3.05, 3.63) is 70.8 Å². The Balaban J connectivity index is 1.80. The van der Waals surface area contributed by atoms with Crippen molar-refractivity contribution >= 4 is 12.0 Å². The molecule has 3 rings (SSSR count). The minimum Gasteiger partial charge on any atom is -0.446 e. The molecule has 2 atom stereocenters. The van der Waals surface area contributed by atoms with Crippen LogP contribution in [0.15, 0.2) is 48.5 Å². The maximum absolute atomic E-state index is 12.9. The number of benzene rings is 2. The molecule has 0 N–H and O–H groups in total. The fraction of sp³-hybridized carbons (Fsp3) is 0.333. The van der Waals surface area contributed by atoms with Gasteiger partial charge in [-0.05, 0) is 42.0 Å². The summed E-state index contributed by atoms with van der Waals surface area (Å²) in [5.74, 6) is -0.148. The van der Waals surface area contributed by atoms with Gasteiger partial charge in [0, 0.05) is 6.42 Å². The molecule has 0 aliphatic carbocycles. The normalized spacial score (nSPS) is 18.1. The fourth-order valence-corrected chi connectivity index (χ4v) is 3.68. The Morgan fingerprint density at radius 2 is 1.76 bits per heavy atom. The highest BCUT2D eigenvalue weighted by atomic mass is 16.6. The van der Waals surface area contributed by atoms with Gasteiger partial charge in [-0.2, -0.15) is 0 Å². The second-order valence-corrected chi connectivity index (χ2v) is 6.68. The zero-order valence-corrected chi connectivity index (χ0v) is 14.9. The van der Waals surface area contributed by atoms with Gasteiger partial charge in [-0.15, -0.1) is 0 Å². The van der Waals surface area contributed by atoms with E-state index in [0.29, 0.717) is 0 Å². The number of hydrogen-bond acceptors (Lipinski definition) is 3. The highest BCUT2D eigenvalue weighted by Gasteiger charge is 2.39. The maximum atomic E-state index is 12.9. The summed E-state index contributed by atoms with van der Waals surface area (Å²) in [5, 5.41) is 0. The van der Waals surface area contributed by atoms with Crippen LogP contribution in [0.3, 0.4) is 0 Å². The number of rotatable bonds is 4. The van der Waals surface area contributed by atoms with E-state index in [9.17, 15) is 9.59 Å². The van der Waals surface area contributed by atoms with Gasteiger partial charge in [-0.3, -0.25) is 4.79 Å². The van der Waals surface area contributed by atoms with Crippen LogP contribution in [0.4, 0.5) is 4.79 Å². The standard InChI is InChI=1S/C21H23NO3/c1-14-8-7-9-15(2)20(14)16(3)12-19(23)22-18(13-25-21(22)24)17-10-5-4-6-11-17/h4-11,16,18H,12-13H2,1-3H3/t16-,18-/m1/s1. The third-order valence-corrected chi connectivity index (χ3v) is 4.84. The van der Waals surface area contributed by atoms with Crippen LogP contribution < -0.4 is 0 Å². The van der Waals surface area contributed by atoms with E-state index in [0.717, 1.165) is 5.56 Å². The summed E-state index contributed by atoms with van der Waals surface area (Å²) in [6, 6.07) is 15.3. The van der Waals surface area contributed by atoms with Crippen LogP contribution in [-0.4, -0.2) is 23.5 Å². The van der Waals surface area contributed by atoms with E-state index < -0.39 is 6.09 Å². The van der Waals surface area contributed by atoms with Gasteiger partial charge in [0.05, 0.1) is 0 Å². The van der Waals surface area contributed by atoms with Gasteiger partial charge in [0.25, 0.3) is 0 Å². The van der Waals surface area contributed by atoms with Gasteiger partial charge in [0.2, 0.25) is 5.91 Å². The minimum absolute atomic E-state index is 0.0403. The van der Waals surface area contributed by atoms with Crippen molar-refractivity contribution in [1.82, 2.24) is 4.90 Å². The number of cyclic esters (lactones) is 1. The Hall–Kier alpha value is -2.62. The molecule has 4 heteroatoms. The molecule has 2 amide bonds. The maximum Gasteiger partial charge on any atom is 0.417 e. The minimum atomic E-state index is -0.549. The lowest BCUT2D eigenvalue weighted by Crippen LogP contribution is -2.34. The molecule has 4 nitrogen and oxygen atoms in total. The summed E-state index contributed by atoms with van der Waals surface area (Å²) >= 11 is 0. The molecule has 0 aromatic heterocycles. The van der Waals surface area contributed by atoms with Crippen molar-refractivity contribution in [3.8, 4) is 0 Å². The quantitative estimate of drug-likeness (QED) is 0.824. The predicted octanol–water partition coefficient (Wildman–Crippen LogP) is 4.52. The number of amides is 2. The number of aryl methyl sites for hydroxylation is 2. The smallest absolute Gasteiger partial charge is 0.417 e. The van der Waals surface area contributed by atoms with Gasteiger partial charge in [-0.25, -0.2) is 9.69 Å². The highest BCUT2D eigenvalue weighted by Crippen LogP contribution is 2.32. The summed E-state index contributed by atoms with van der Waals surface area (Å²) in [7, 11) is 0. The molecule has 1 aliphatic rings. The first kappa shape index (κ1) is 17.2. The van der Waals surface area contributed by atoms with E-state index in [1.165, 1.54) is 21.6 Å². The Morgan fingerprint density at radius 3 is 2.40 bits per heavy atom. The van der Waals surface area contributed by atoms with Crippen LogP contribution in [0.1, 0.15) is 47.6 Å². The van der Waals surface area contributed by atoms with Crippen LogP contribution in [0, 0.1) is 13.8 Å². The number of carbonyl (C=O) groups excluding carboxylic acids is 2. The van der Waals surface area contributed by atoms with E-state index in [-0.39, 0.29) is 30.9 Å². The summed E-state index contributed by atoms with van der Waals surface area (Å²) in [6.45, 7) is 6.36. The summed E-state index contributed by atoms with van der Waals surface area (Å²) in [5.41, 5.74) is 4.44. The molecular weight excluding hydrogens is 314 g/mol. The largest absolute Gasteiger partial charge is 0.446 e. The molecule has 0 bridgehead atoms. The van der Waals surface area contributed by atoms with Gasteiger partial charge < -0.3 is 4.74 Å². The topological polar surface area (TPSA) is 46.6 Å². The zero-order valence-electron chi connectivity index (χ0n) is 14.9. The molecule has 1 heterocycles. The van der Waals surface area contributed by atoms with Crippen LogP contribution in [0.25, 0.3) is 0 Å². The van der Waals surface area contributed by atoms with Crippen molar-refractivity contribution in [3.63, 3.8) is 0 Å². The second kappa shape index (κ2) is 7.09. The SMILES string of the molecule is Cc1cccc(C)c1[C@H](C)CC(=O)N1C(=O)OC[C@@H]1c1ccccc1.